The van der Waals surface area contributed by atoms with E-state index in [0.29, 0.717) is 6.42 Å². The fourth-order valence-corrected chi connectivity index (χ4v) is 1.81. The van der Waals surface area contributed by atoms with Crippen LogP contribution in [0.4, 0.5) is 0 Å². The van der Waals surface area contributed by atoms with Crippen LogP contribution in [0.3, 0.4) is 0 Å². The molecule has 0 atom stereocenters. The molecule has 0 heterocycles. The first-order valence-corrected chi connectivity index (χ1v) is 6.16. The summed E-state index contributed by atoms with van der Waals surface area (Å²) in [5.74, 6) is 0.0320. The van der Waals surface area contributed by atoms with Crippen molar-refractivity contribution in [3.63, 3.8) is 0 Å². The van der Waals surface area contributed by atoms with Crippen LogP contribution in [0.25, 0.3) is 0 Å². The minimum atomic E-state index is -0.278. The molecule has 0 N–H and O–H groups in total. The van der Waals surface area contributed by atoms with E-state index in [0.717, 1.165) is 0 Å². The molecule has 0 rings (SSSR count). The highest BCUT2D eigenvalue weighted by Gasteiger charge is 2.01. The quantitative estimate of drug-likeness (QED) is 0.294. The Balaban J connectivity index is 3.17. The van der Waals surface area contributed by atoms with Gasteiger partial charge in [0.05, 0.1) is 7.11 Å². The van der Waals surface area contributed by atoms with Gasteiger partial charge in [-0.3, -0.25) is 9.59 Å². The summed E-state index contributed by atoms with van der Waals surface area (Å²) in [7, 11) is 3.95. The van der Waals surface area contributed by atoms with Gasteiger partial charge >= 0.3 is 11.9 Å². The molecular weight excluding hydrogens is 212 g/mol. The maximum absolute atomic E-state index is 10.6. The van der Waals surface area contributed by atoms with E-state index in [2.05, 4.69) is 4.74 Å². The normalized spacial score (nSPS) is 9.38. The lowest BCUT2D eigenvalue weighted by Gasteiger charge is -2.01. The number of hydrogen-bond donors (Lipinski definition) is 0. The summed E-state index contributed by atoms with van der Waals surface area (Å²) in [6.07, 6.45) is 0.377. The van der Waals surface area contributed by atoms with Crippen molar-refractivity contribution in [1.82, 2.24) is 0 Å². The van der Waals surface area contributed by atoms with Crippen molar-refractivity contribution in [3.8, 4) is 0 Å². The maximum Gasteiger partial charge on any atom is 0.316 e. The van der Waals surface area contributed by atoms with Gasteiger partial charge in [0.15, 0.2) is 0 Å². The first kappa shape index (κ1) is 12.6. The number of carbonyl (C=O) groups is 2. The molecule has 0 aliphatic carbocycles. The molecule has 0 fully saturated rings. The Morgan fingerprint density at radius 1 is 1.23 bits per heavy atom. The largest absolute Gasteiger partial charge is 0.468 e. The predicted molar refractivity (Wildman–Crippen MR) is 53.3 cm³/mol. The van der Waals surface area contributed by atoms with Gasteiger partial charge in [0, 0.05) is 6.42 Å². The third-order valence-electron chi connectivity index (χ3n) is 1.04. The van der Waals surface area contributed by atoms with Crippen LogP contribution in [0.1, 0.15) is 13.3 Å². The van der Waals surface area contributed by atoms with E-state index in [-0.39, 0.29) is 23.6 Å². The highest BCUT2D eigenvalue weighted by Crippen LogP contribution is 2.20. The zero-order valence-electron chi connectivity index (χ0n) is 7.57. The lowest BCUT2D eigenvalue weighted by Crippen LogP contribution is -2.03. The van der Waals surface area contributed by atoms with Crippen LogP contribution in [0.5, 0.6) is 0 Å². The van der Waals surface area contributed by atoms with Gasteiger partial charge in [-0.15, -0.1) is 0 Å². The molecule has 0 aromatic heterocycles. The molecule has 0 spiro atoms. The number of ether oxygens (including phenoxy) is 2. The summed E-state index contributed by atoms with van der Waals surface area (Å²) in [6, 6.07) is 0. The first-order valence-electron chi connectivity index (χ1n) is 3.67. The minimum Gasteiger partial charge on any atom is -0.468 e. The van der Waals surface area contributed by atoms with Crippen molar-refractivity contribution in [3.05, 3.63) is 0 Å². The highest BCUT2D eigenvalue weighted by molar-refractivity contribution is 8.76. The van der Waals surface area contributed by atoms with Crippen molar-refractivity contribution in [2.75, 3.05) is 18.8 Å². The van der Waals surface area contributed by atoms with E-state index < -0.39 is 0 Å². The molecule has 4 nitrogen and oxygen atoms in total. The summed E-state index contributed by atoms with van der Waals surface area (Å²) in [5, 5.41) is 0. The van der Waals surface area contributed by atoms with Gasteiger partial charge in [0.25, 0.3) is 0 Å². The van der Waals surface area contributed by atoms with E-state index in [1.54, 1.807) is 6.92 Å². The van der Waals surface area contributed by atoms with Gasteiger partial charge < -0.3 is 9.47 Å². The molecule has 0 radical (unpaired) electrons. The van der Waals surface area contributed by atoms with E-state index in [4.69, 9.17) is 4.74 Å². The van der Waals surface area contributed by atoms with Crippen LogP contribution in [0.15, 0.2) is 0 Å². The zero-order valence-corrected chi connectivity index (χ0v) is 9.20. The zero-order chi connectivity index (χ0) is 10.1. The lowest BCUT2D eigenvalue weighted by molar-refractivity contribution is -0.141. The van der Waals surface area contributed by atoms with Gasteiger partial charge in [0.1, 0.15) is 11.7 Å². The van der Waals surface area contributed by atoms with Crippen molar-refractivity contribution in [2.24, 2.45) is 0 Å². The Labute approximate surface area is 85.1 Å². The number of methoxy groups -OCH3 is 1. The molecular formula is C7H12O4S2. The Morgan fingerprint density at radius 3 is 2.46 bits per heavy atom. The first-order chi connectivity index (χ1) is 6.20. The number of carbonyl (C=O) groups excluding carboxylic acids is 2. The predicted octanol–water partition coefficient (Wildman–Crippen LogP) is 1.45. The number of esters is 2. The third-order valence-corrected chi connectivity index (χ3v) is 2.92. The molecule has 0 aromatic rings. The van der Waals surface area contributed by atoms with Gasteiger partial charge in [-0.05, 0) is 0 Å². The minimum absolute atomic E-state index is 0.230. The molecule has 0 saturated carbocycles. The van der Waals surface area contributed by atoms with E-state index in [1.165, 1.54) is 28.7 Å². The number of hydrogen-bond acceptors (Lipinski definition) is 6. The average Bonchev–Trinajstić information content (AvgIpc) is 2.16. The van der Waals surface area contributed by atoms with Gasteiger partial charge in [-0.25, -0.2) is 0 Å². The number of rotatable bonds is 6. The summed E-state index contributed by atoms with van der Waals surface area (Å²) < 4.78 is 9.18. The highest BCUT2D eigenvalue weighted by atomic mass is 33.1. The molecule has 0 aliphatic heterocycles. The average molecular weight is 224 g/mol. The van der Waals surface area contributed by atoms with Gasteiger partial charge in [0.2, 0.25) is 0 Å². The van der Waals surface area contributed by atoms with Crippen LogP contribution >= 0.6 is 21.6 Å². The Bertz CT molecular complexity index is 154. The van der Waals surface area contributed by atoms with E-state index in [9.17, 15) is 9.59 Å². The van der Waals surface area contributed by atoms with Gasteiger partial charge in [-0.1, -0.05) is 28.5 Å². The SMILES string of the molecule is CCC(=O)OCSSCC(=O)OC. The van der Waals surface area contributed by atoms with Crippen molar-refractivity contribution < 1.29 is 19.1 Å². The molecule has 0 saturated heterocycles. The fourth-order valence-electron chi connectivity index (χ4n) is 0.375. The molecule has 0 bridgehead atoms. The van der Waals surface area contributed by atoms with Crippen molar-refractivity contribution in [2.45, 2.75) is 13.3 Å². The molecule has 0 aromatic carbocycles. The van der Waals surface area contributed by atoms with Gasteiger partial charge in [-0.2, -0.15) is 0 Å². The summed E-state index contributed by atoms with van der Waals surface area (Å²) in [5.41, 5.74) is 0. The Hall–Kier alpha value is -0.360. The Kier molecular flexibility index (Phi) is 8.02. The van der Waals surface area contributed by atoms with Crippen LogP contribution in [0, 0.1) is 0 Å². The van der Waals surface area contributed by atoms with E-state index >= 15 is 0 Å². The molecule has 0 aliphatic rings. The standard InChI is InChI=1S/C7H12O4S2/c1-3-6(8)11-5-13-12-4-7(9)10-2/h3-5H2,1-2H3. The fraction of sp³-hybridized carbons (Fsp3) is 0.714. The lowest BCUT2D eigenvalue weighted by atomic mass is 10.5. The van der Waals surface area contributed by atoms with Crippen LogP contribution in [-0.4, -0.2) is 30.7 Å². The van der Waals surface area contributed by atoms with Crippen LogP contribution < -0.4 is 0 Å². The monoisotopic (exact) mass is 224 g/mol. The van der Waals surface area contributed by atoms with Crippen molar-refractivity contribution >= 4 is 33.5 Å². The topological polar surface area (TPSA) is 52.6 Å². The third kappa shape index (κ3) is 7.98. The second-order valence-electron chi connectivity index (χ2n) is 1.94. The molecule has 0 amide bonds. The summed E-state index contributed by atoms with van der Waals surface area (Å²) >= 11 is 0. The smallest absolute Gasteiger partial charge is 0.316 e. The molecule has 76 valence electrons. The summed E-state index contributed by atoms with van der Waals surface area (Å²) in [4.78, 5) is 21.2. The molecule has 6 heteroatoms. The Morgan fingerprint density at radius 2 is 1.92 bits per heavy atom. The second kappa shape index (κ2) is 8.25. The maximum atomic E-state index is 10.6. The van der Waals surface area contributed by atoms with Crippen LogP contribution in [0.2, 0.25) is 0 Å². The summed E-state index contributed by atoms with van der Waals surface area (Å²) in [6.45, 7) is 1.73. The molecule has 13 heavy (non-hydrogen) atoms. The molecule has 0 unspecified atom stereocenters. The second-order valence-corrected chi connectivity index (χ2v) is 4.35. The van der Waals surface area contributed by atoms with E-state index in [1.807, 2.05) is 0 Å². The van der Waals surface area contributed by atoms with Crippen LogP contribution in [-0.2, 0) is 19.1 Å². The van der Waals surface area contributed by atoms with Crippen molar-refractivity contribution in [1.29, 1.82) is 0 Å².